The molecule has 124 valence electrons. The van der Waals surface area contributed by atoms with Gasteiger partial charge < -0.3 is 9.84 Å². The molecular formula is C17H16FN3O2S. The average molecular weight is 345 g/mol. The first-order valence-corrected chi connectivity index (χ1v) is 8.31. The quantitative estimate of drug-likeness (QED) is 0.759. The minimum absolute atomic E-state index is 0.201. The number of thiophene rings is 1. The van der Waals surface area contributed by atoms with Crippen LogP contribution >= 0.6 is 11.3 Å². The van der Waals surface area contributed by atoms with Gasteiger partial charge in [0, 0.05) is 16.4 Å². The molecule has 2 aromatic heterocycles. The number of carbonyl (C=O) groups is 1. The lowest BCUT2D eigenvalue weighted by Gasteiger charge is -2.03. The van der Waals surface area contributed by atoms with Gasteiger partial charge in [0.05, 0.1) is 11.4 Å². The van der Waals surface area contributed by atoms with E-state index in [1.54, 1.807) is 6.07 Å². The Morgan fingerprint density at radius 1 is 1.33 bits per heavy atom. The first-order chi connectivity index (χ1) is 11.5. The molecule has 0 atom stereocenters. The molecule has 0 saturated heterocycles. The van der Waals surface area contributed by atoms with Gasteiger partial charge >= 0.3 is 0 Å². The number of nitrogens with zero attached hydrogens (tertiary/aromatic N) is 2. The van der Waals surface area contributed by atoms with Crippen LogP contribution in [0, 0.1) is 5.82 Å². The highest BCUT2D eigenvalue weighted by Gasteiger charge is 2.14. The summed E-state index contributed by atoms with van der Waals surface area (Å²) in [5, 5.41) is 6.71. The second-order valence-corrected chi connectivity index (χ2v) is 6.74. The van der Waals surface area contributed by atoms with Gasteiger partial charge in [0.25, 0.3) is 11.8 Å². The van der Waals surface area contributed by atoms with Gasteiger partial charge in [-0.25, -0.2) is 4.39 Å². The number of carbonyl (C=O) groups excluding carboxylic acids is 1. The Morgan fingerprint density at radius 3 is 2.88 bits per heavy atom. The van der Waals surface area contributed by atoms with E-state index in [2.05, 4.69) is 15.5 Å². The summed E-state index contributed by atoms with van der Waals surface area (Å²) in [7, 11) is 0. The number of hydrogen-bond acceptors (Lipinski definition) is 5. The lowest BCUT2D eigenvalue weighted by atomic mass is 10.2. The summed E-state index contributed by atoms with van der Waals surface area (Å²) < 4.78 is 18.4. The zero-order chi connectivity index (χ0) is 17.1. The number of halogens is 1. The summed E-state index contributed by atoms with van der Waals surface area (Å²) in [4.78, 5) is 18.2. The molecule has 24 heavy (non-hydrogen) atoms. The molecule has 3 rings (SSSR count). The van der Waals surface area contributed by atoms with E-state index in [-0.39, 0.29) is 11.8 Å². The Morgan fingerprint density at radius 2 is 2.17 bits per heavy atom. The summed E-state index contributed by atoms with van der Waals surface area (Å²) in [6, 6.07) is 9.37. The molecule has 0 aliphatic heterocycles. The molecule has 1 amide bonds. The smallest absolute Gasteiger partial charge is 0.268 e. The molecule has 5 nitrogen and oxygen atoms in total. The zero-order valence-electron chi connectivity index (χ0n) is 13.2. The van der Waals surface area contributed by atoms with Gasteiger partial charge in [-0.2, -0.15) is 4.98 Å². The van der Waals surface area contributed by atoms with Crippen molar-refractivity contribution in [1.82, 2.24) is 15.5 Å². The van der Waals surface area contributed by atoms with E-state index in [1.807, 2.05) is 26.0 Å². The molecule has 2 heterocycles. The maximum atomic E-state index is 13.1. The second kappa shape index (κ2) is 6.92. The van der Waals surface area contributed by atoms with E-state index in [1.165, 1.54) is 29.5 Å². The summed E-state index contributed by atoms with van der Waals surface area (Å²) in [6.45, 7) is 4.35. The van der Waals surface area contributed by atoms with E-state index >= 15 is 0 Å². The van der Waals surface area contributed by atoms with Crippen LogP contribution in [0.2, 0.25) is 0 Å². The number of hydrogen-bond donors (Lipinski definition) is 1. The van der Waals surface area contributed by atoms with Crippen LogP contribution in [0.1, 0.15) is 40.8 Å². The Hall–Kier alpha value is -2.54. The van der Waals surface area contributed by atoms with E-state index in [0.717, 1.165) is 9.75 Å². The lowest BCUT2D eigenvalue weighted by molar-refractivity contribution is 0.0951. The summed E-state index contributed by atoms with van der Waals surface area (Å²) in [6.07, 6.45) is 0. The van der Waals surface area contributed by atoms with Crippen molar-refractivity contribution in [3.8, 4) is 10.8 Å². The molecule has 3 aromatic rings. The molecule has 0 unspecified atom stereocenters. The van der Waals surface area contributed by atoms with Crippen LogP contribution in [0.5, 0.6) is 0 Å². The Balaban J connectivity index is 1.64. The number of nitrogens with one attached hydrogen (secondary N) is 1. The van der Waals surface area contributed by atoms with Crippen LogP contribution in [-0.2, 0) is 6.54 Å². The normalized spacial score (nSPS) is 11.0. The summed E-state index contributed by atoms with van der Waals surface area (Å²) in [5.41, 5.74) is 0.297. The third-order valence-corrected chi connectivity index (χ3v) is 4.41. The predicted molar refractivity (Wildman–Crippen MR) is 89.3 cm³/mol. The van der Waals surface area contributed by atoms with Crippen LogP contribution in [0.4, 0.5) is 4.39 Å². The monoisotopic (exact) mass is 345 g/mol. The number of aromatic nitrogens is 2. The number of amides is 1. The third-order valence-electron chi connectivity index (χ3n) is 3.34. The highest BCUT2D eigenvalue weighted by Crippen LogP contribution is 2.27. The first-order valence-electron chi connectivity index (χ1n) is 7.49. The predicted octanol–water partition coefficient (Wildman–Crippen LogP) is 3.99. The Kier molecular flexibility index (Phi) is 4.71. The molecule has 1 N–H and O–H groups in total. The average Bonchev–Trinajstić information content (AvgIpc) is 3.21. The van der Waals surface area contributed by atoms with Gasteiger partial charge in [-0.1, -0.05) is 25.1 Å². The standard InChI is InChI=1S/C17H16FN3O2S/c1-10(2)15-20-17(23-21-15)14-7-6-13(24-14)9-19-16(22)11-4-3-5-12(18)8-11/h3-8,10H,9H2,1-2H3,(H,19,22). The highest BCUT2D eigenvalue weighted by molar-refractivity contribution is 7.15. The van der Waals surface area contributed by atoms with Gasteiger partial charge in [-0.3, -0.25) is 4.79 Å². The van der Waals surface area contributed by atoms with Crippen LogP contribution in [-0.4, -0.2) is 16.0 Å². The van der Waals surface area contributed by atoms with Crippen LogP contribution in [0.3, 0.4) is 0 Å². The summed E-state index contributed by atoms with van der Waals surface area (Å²) >= 11 is 1.47. The SMILES string of the molecule is CC(C)c1noc(-c2ccc(CNC(=O)c3cccc(F)c3)s2)n1. The van der Waals surface area contributed by atoms with Crippen molar-refractivity contribution in [3.63, 3.8) is 0 Å². The fraction of sp³-hybridized carbons (Fsp3) is 0.235. The van der Waals surface area contributed by atoms with Crippen molar-refractivity contribution in [2.24, 2.45) is 0 Å². The van der Waals surface area contributed by atoms with Crippen molar-refractivity contribution in [1.29, 1.82) is 0 Å². The number of rotatable bonds is 5. The topological polar surface area (TPSA) is 68.0 Å². The van der Waals surface area contributed by atoms with Gasteiger partial charge in [-0.15, -0.1) is 11.3 Å². The van der Waals surface area contributed by atoms with Crippen LogP contribution in [0.25, 0.3) is 10.8 Å². The van der Waals surface area contributed by atoms with E-state index in [0.29, 0.717) is 23.8 Å². The molecule has 0 radical (unpaired) electrons. The fourth-order valence-corrected chi connectivity index (χ4v) is 2.93. The molecule has 0 saturated carbocycles. The van der Waals surface area contributed by atoms with Crippen molar-refractivity contribution < 1.29 is 13.7 Å². The lowest BCUT2D eigenvalue weighted by Crippen LogP contribution is -2.22. The molecule has 0 aliphatic carbocycles. The minimum Gasteiger partial charge on any atom is -0.347 e. The minimum atomic E-state index is -0.432. The molecule has 0 bridgehead atoms. The van der Waals surface area contributed by atoms with Gasteiger partial charge in [-0.05, 0) is 30.3 Å². The molecule has 7 heteroatoms. The Bertz CT molecular complexity index is 857. The molecule has 0 spiro atoms. The van der Waals surface area contributed by atoms with Crippen molar-refractivity contribution in [3.05, 3.63) is 58.5 Å². The molecule has 0 aliphatic rings. The number of benzene rings is 1. The van der Waals surface area contributed by atoms with E-state index in [9.17, 15) is 9.18 Å². The van der Waals surface area contributed by atoms with E-state index < -0.39 is 5.82 Å². The van der Waals surface area contributed by atoms with Crippen LogP contribution in [0.15, 0.2) is 40.9 Å². The fourth-order valence-electron chi connectivity index (χ4n) is 2.06. The third kappa shape index (κ3) is 3.68. The van der Waals surface area contributed by atoms with Gasteiger partial charge in [0.2, 0.25) is 0 Å². The largest absolute Gasteiger partial charge is 0.347 e. The summed E-state index contributed by atoms with van der Waals surface area (Å²) in [5.74, 6) is 0.598. The highest BCUT2D eigenvalue weighted by atomic mass is 32.1. The first kappa shape index (κ1) is 16.3. The van der Waals surface area contributed by atoms with Crippen molar-refractivity contribution >= 4 is 17.2 Å². The zero-order valence-corrected chi connectivity index (χ0v) is 14.1. The maximum absolute atomic E-state index is 13.1. The van der Waals surface area contributed by atoms with Gasteiger partial charge in [0.15, 0.2) is 5.82 Å². The van der Waals surface area contributed by atoms with Crippen molar-refractivity contribution in [2.75, 3.05) is 0 Å². The molecular weight excluding hydrogens is 329 g/mol. The van der Waals surface area contributed by atoms with Crippen molar-refractivity contribution in [2.45, 2.75) is 26.3 Å². The van der Waals surface area contributed by atoms with Gasteiger partial charge in [0.1, 0.15) is 5.82 Å². The van der Waals surface area contributed by atoms with E-state index in [4.69, 9.17) is 4.52 Å². The Labute approximate surface area is 142 Å². The second-order valence-electron chi connectivity index (χ2n) is 5.57. The van der Waals surface area contributed by atoms with Crippen LogP contribution < -0.4 is 5.32 Å². The molecule has 0 fully saturated rings. The maximum Gasteiger partial charge on any atom is 0.268 e. The molecule has 1 aromatic carbocycles.